The molecule has 1 saturated carbocycles. The van der Waals surface area contributed by atoms with Crippen molar-refractivity contribution < 1.29 is 40.7 Å². The molecule has 4 aromatic rings. The molecule has 2 aromatic carbocycles. The summed E-state index contributed by atoms with van der Waals surface area (Å²) in [5, 5.41) is 7.59. The van der Waals surface area contributed by atoms with Gasteiger partial charge in [-0.3, -0.25) is 14.5 Å². The summed E-state index contributed by atoms with van der Waals surface area (Å²) in [6.07, 6.45) is -2.12. The van der Waals surface area contributed by atoms with Gasteiger partial charge in [0.15, 0.2) is 17.3 Å². The maximum atomic E-state index is 14.9. The van der Waals surface area contributed by atoms with Gasteiger partial charge in [-0.2, -0.15) is 19.0 Å². The summed E-state index contributed by atoms with van der Waals surface area (Å²) in [6.45, 7) is 2.37. The lowest BCUT2D eigenvalue weighted by atomic mass is 9.75. The zero-order valence-electron chi connectivity index (χ0n) is 28.6. The van der Waals surface area contributed by atoms with Gasteiger partial charge in [-0.1, -0.05) is 62.7 Å². The lowest BCUT2D eigenvalue weighted by Gasteiger charge is -2.35. The highest BCUT2D eigenvalue weighted by Gasteiger charge is 2.53. The number of carbonyl (C=O) groups excluding carboxylic acids is 2. The molecule has 6 rings (SSSR count). The summed E-state index contributed by atoms with van der Waals surface area (Å²) in [4.78, 5) is 37.3. The first-order valence-corrected chi connectivity index (χ1v) is 16.9. The van der Waals surface area contributed by atoms with Gasteiger partial charge in [0.25, 0.3) is 12.3 Å². The first kappa shape index (κ1) is 37.8. The molecule has 11 nitrogen and oxygen atoms in total. The zero-order valence-corrected chi connectivity index (χ0v) is 29.4. The monoisotopic (exact) mass is 764 g/mol. The Labute approximate surface area is 304 Å². The highest BCUT2D eigenvalue weighted by molar-refractivity contribution is 6.32. The minimum Gasteiger partial charge on any atom is -0.463 e. The molecule has 1 amide bonds. The predicted octanol–water partition coefficient (Wildman–Crippen LogP) is 7.48. The Bertz CT molecular complexity index is 2010. The van der Waals surface area contributed by atoms with E-state index in [4.69, 9.17) is 27.1 Å². The normalized spacial score (nSPS) is 20.8. The van der Waals surface area contributed by atoms with E-state index in [0.717, 1.165) is 15.9 Å². The maximum Gasteiger partial charge on any atom is 0.333 e. The maximum absolute atomic E-state index is 14.9. The van der Waals surface area contributed by atoms with Gasteiger partial charge in [0.2, 0.25) is 6.43 Å². The number of rotatable bonds is 13. The Balaban J connectivity index is 1.38. The van der Waals surface area contributed by atoms with Crippen LogP contribution in [0.3, 0.4) is 0 Å². The summed E-state index contributed by atoms with van der Waals surface area (Å²) < 4.78 is 87.3. The van der Waals surface area contributed by atoms with Crippen molar-refractivity contribution in [3.8, 4) is 16.8 Å². The first-order valence-electron chi connectivity index (χ1n) is 16.5. The van der Waals surface area contributed by atoms with Crippen LogP contribution in [0, 0.1) is 17.3 Å². The van der Waals surface area contributed by atoms with E-state index in [9.17, 15) is 35.9 Å². The third-order valence-corrected chi connectivity index (χ3v) is 9.52. The summed E-state index contributed by atoms with van der Waals surface area (Å²) in [5.74, 6) is -3.77. The Morgan fingerprint density at radius 3 is 2.38 bits per heavy atom. The van der Waals surface area contributed by atoms with E-state index in [1.54, 1.807) is 24.3 Å². The van der Waals surface area contributed by atoms with Crippen LogP contribution in [0.1, 0.15) is 76.0 Å². The van der Waals surface area contributed by atoms with Crippen LogP contribution in [0.5, 0.6) is 0 Å². The topological polar surface area (TPSA) is 134 Å². The number of hydrogen-bond donors (Lipinski definition) is 1. The highest BCUT2D eigenvalue weighted by atomic mass is 35.5. The average molecular weight is 765 g/mol. The average Bonchev–Trinajstić information content (AvgIpc) is 3.38. The van der Waals surface area contributed by atoms with Crippen LogP contribution in [0.2, 0.25) is 5.02 Å². The van der Waals surface area contributed by atoms with Crippen LogP contribution in [-0.2, 0) is 19.9 Å². The summed E-state index contributed by atoms with van der Waals surface area (Å²) in [5.41, 5.74) is 6.05. The molecule has 18 heteroatoms. The quantitative estimate of drug-likeness (QED) is 0.110. The lowest BCUT2D eigenvalue weighted by molar-refractivity contribution is -0.148. The molecule has 282 valence electrons. The number of nitrogens with zero attached hydrogens (tertiary/aromatic N) is 7. The molecule has 1 aliphatic carbocycles. The van der Waals surface area contributed by atoms with Crippen molar-refractivity contribution in [1.82, 2.24) is 29.4 Å². The van der Waals surface area contributed by atoms with Gasteiger partial charge in [0.1, 0.15) is 12.9 Å². The van der Waals surface area contributed by atoms with Crippen molar-refractivity contribution >= 4 is 29.4 Å². The smallest absolute Gasteiger partial charge is 0.333 e. The number of nitrogens with two attached hydrogens (primary N) is 1. The largest absolute Gasteiger partial charge is 0.463 e. The number of aromatic nitrogens is 5. The Morgan fingerprint density at radius 2 is 1.77 bits per heavy atom. The lowest BCUT2D eigenvalue weighted by Crippen LogP contribution is -2.47. The summed E-state index contributed by atoms with van der Waals surface area (Å²) in [6, 6.07) is 9.63. The SMILES string of the molecule is CC(C)(C)C[C@]1(c2ccc(-c3cnn(C(F)F)c3)cc2)N=C(N)N([C@H](COC(=O)C[C@H]2C[C@@H]2C(F)F)c2ccc(Cl)c(-n3ncnc3C(F)F)c2)C1=O. The number of benzene rings is 2. The molecule has 0 saturated heterocycles. The molecular weight excluding hydrogens is 730 g/mol. The molecule has 0 spiro atoms. The third kappa shape index (κ3) is 7.75. The van der Waals surface area contributed by atoms with Gasteiger partial charge in [0, 0.05) is 24.1 Å². The van der Waals surface area contributed by atoms with Crippen LogP contribution >= 0.6 is 11.6 Å². The van der Waals surface area contributed by atoms with Gasteiger partial charge in [-0.25, -0.2) is 36.9 Å². The predicted molar refractivity (Wildman–Crippen MR) is 180 cm³/mol. The van der Waals surface area contributed by atoms with Crippen LogP contribution < -0.4 is 5.73 Å². The van der Waals surface area contributed by atoms with E-state index in [0.29, 0.717) is 21.4 Å². The number of alkyl halides is 6. The van der Waals surface area contributed by atoms with Crippen molar-refractivity contribution in [3.63, 3.8) is 0 Å². The van der Waals surface area contributed by atoms with Crippen LogP contribution in [0.25, 0.3) is 16.8 Å². The fraction of sp³-hybridized carbons (Fsp3) is 0.429. The summed E-state index contributed by atoms with van der Waals surface area (Å²) >= 11 is 6.44. The summed E-state index contributed by atoms with van der Waals surface area (Å²) in [7, 11) is 0. The number of amides is 1. The van der Waals surface area contributed by atoms with E-state index in [2.05, 4.69) is 15.2 Å². The van der Waals surface area contributed by atoms with E-state index in [-0.39, 0.29) is 41.5 Å². The number of guanidine groups is 1. The van der Waals surface area contributed by atoms with Gasteiger partial charge < -0.3 is 10.5 Å². The minimum atomic E-state index is -3.01. The molecule has 3 heterocycles. The van der Waals surface area contributed by atoms with E-state index < -0.39 is 72.5 Å². The standard InChI is InChI=1S/C35H35ClF6N8O3/c1-34(2,3)16-35(22-7-4-18(5-8-22)21-13-45-48(14-21)32(41)42)31(52)49(33(43)47-35)26(15-53-27(51)12-20-10-23(20)28(37)38)19-6-9-24(36)25(11-19)50-30(29(39)40)44-17-46-50/h4-9,11,13-14,17,20,23,26,28-29,32H,10,12,15-16H2,1-3H3,(H2,43,47)/t20-,23+,26-,35-/m1/s1. The minimum absolute atomic E-state index is 0.0133. The van der Waals surface area contributed by atoms with E-state index in [1.165, 1.54) is 30.6 Å². The number of aliphatic imine (C=N–C) groups is 1. The second-order valence-electron chi connectivity index (χ2n) is 14.2. The number of hydrogen-bond acceptors (Lipinski definition) is 8. The Hall–Kier alpha value is -4.93. The number of carbonyl (C=O) groups is 2. The van der Waals surface area contributed by atoms with Crippen molar-refractivity contribution in [3.05, 3.63) is 83.2 Å². The van der Waals surface area contributed by atoms with Crippen LogP contribution in [0.15, 0.2) is 66.2 Å². The zero-order chi connectivity index (χ0) is 38.4. The molecule has 0 unspecified atom stereocenters. The third-order valence-electron chi connectivity index (χ3n) is 9.20. The number of ether oxygens (including phenoxy) is 1. The fourth-order valence-corrected chi connectivity index (χ4v) is 6.87. The molecule has 1 fully saturated rings. The number of halogens is 7. The fourth-order valence-electron chi connectivity index (χ4n) is 6.67. The van der Waals surface area contributed by atoms with Gasteiger partial charge in [-0.15, -0.1) is 0 Å². The molecular formula is C35H35ClF6N8O3. The van der Waals surface area contributed by atoms with Crippen molar-refractivity contribution in [1.29, 1.82) is 0 Å². The number of esters is 1. The molecule has 4 atom stereocenters. The van der Waals surface area contributed by atoms with E-state index in [1.807, 2.05) is 20.8 Å². The molecule has 1 aliphatic heterocycles. The van der Waals surface area contributed by atoms with Crippen LogP contribution in [-0.4, -0.2) is 60.3 Å². The second-order valence-corrected chi connectivity index (χ2v) is 14.7. The Kier molecular flexibility index (Phi) is 10.3. The van der Waals surface area contributed by atoms with Gasteiger partial charge >= 0.3 is 12.5 Å². The highest BCUT2D eigenvalue weighted by Crippen LogP contribution is 2.47. The van der Waals surface area contributed by atoms with Crippen molar-refractivity contribution in [2.75, 3.05) is 6.61 Å². The molecule has 0 radical (unpaired) electrons. The van der Waals surface area contributed by atoms with E-state index >= 15 is 0 Å². The van der Waals surface area contributed by atoms with Crippen molar-refractivity contribution in [2.45, 2.75) is 71.0 Å². The van der Waals surface area contributed by atoms with Crippen LogP contribution in [0.4, 0.5) is 26.3 Å². The van der Waals surface area contributed by atoms with Crippen molar-refractivity contribution in [2.24, 2.45) is 28.0 Å². The molecule has 2 aromatic heterocycles. The molecule has 53 heavy (non-hydrogen) atoms. The second kappa shape index (κ2) is 14.5. The molecule has 2 aliphatic rings. The molecule has 2 N–H and O–H groups in total. The van der Waals surface area contributed by atoms with Gasteiger partial charge in [0.05, 0.1) is 22.9 Å². The first-order chi connectivity index (χ1) is 25.0. The molecule has 0 bridgehead atoms. The Morgan fingerprint density at radius 1 is 1.06 bits per heavy atom. The van der Waals surface area contributed by atoms with Gasteiger partial charge in [-0.05, 0) is 53.0 Å².